The van der Waals surface area contributed by atoms with Crippen LogP contribution in [0.2, 0.25) is 0 Å². The minimum Gasteiger partial charge on any atom is -0.325 e. The standard InChI is InChI=1S/C10H14N2O/c1-2-9(11)10(13)12-8-6-4-3-5-7-8/h3-7,9H,2,11H2,1H3,(H,12,13)/t9-/m0/s1. The molecule has 0 aliphatic rings. The lowest BCUT2D eigenvalue weighted by Crippen LogP contribution is -2.34. The number of para-hydroxylation sites is 1. The zero-order valence-corrected chi connectivity index (χ0v) is 7.66. The van der Waals surface area contributed by atoms with Gasteiger partial charge in [-0.15, -0.1) is 0 Å². The van der Waals surface area contributed by atoms with E-state index >= 15 is 0 Å². The molecule has 13 heavy (non-hydrogen) atoms. The first-order chi connectivity index (χ1) is 6.24. The predicted molar refractivity (Wildman–Crippen MR) is 53.3 cm³/mol. The monoisotopic (exact) mass is 178 g/mol. The summed E-state index contributed by atoms with van der Waals surface area (Å²) >= 11 is 0. The molecule has 1 amide bonds. The highest BCUT2D eigenvalue weighted by Crippen LogP contribution is 2.05. The molecule has 0 aliphatic carbocycles. The molecule has 0 radical (unpaired) electrons. The van der Waals surface area contributed by atoms with Gasteiger partial charge in [0.2, 0.25) is 5.91 Å². The van der Waals surface area contributed by atoms with Gasteiger partial charge in [-0.2, -0.15) is 0 Å². The van der Waals surface area contributed by atoms with Crippen molar-refractivity contribution < 1.29 is 4.79 Å². The molecule has 0 unspecified atom stereocenters. The van der Waals surface area contributed by atoms with Gasteiger partial charge >= 0.3 is 0 Å². The van der Waals surface area contributed by atoms with Crippen molar-refractivity contribution in [3.8, 4) is 0 Å². The number of nitrogens with two attached hydrogens (primary N) is 1. The van der Waals surface area contributed by atoms with E-state index in [1.807, 2.05) is 37.3 Å². The van der Waals surface area contributed by atoms with E-state index < -0.39 is 6.04 Å². The van der Waals surface area contributed by atoms with Gasteiger partial charge in [0.05, 0.1) is 6.04 Å². The number of hydrogen-bond donors (Lipinski definition) is 2. The van der Waals surface area contributed by atoms with Gasteiger partial charge < -0.3 is 11.1 Å². The maximum absolute atomic E-state index is 11.3. The van der Waals surface area contributed by atoms with E-state index in [1.165, 1.54) is 0 Å². The molecular formula is C10H14N2O. The van der Waals surface area contributed by atoms with Crippen molar-refractivity contribution in [3.05, 3.63) is 30.3 Å². The second-order valence-corrected chi connectivity index (χ2v) is 2.87. The summed E-state index contributed by atoms with van der Waals surface area (Å²) in [4.78, 5) is 11.3. The Hall–Kier alpha value is -1.35. The molecule has 1 aromatic rings. The molecule has 0 spiro atoms. The molecule has 0 saturated carbocycles. The molecule has 0 saturated heterocycles. The van der Waals surface area contributed by atoms with Gasteiger partial charge in [0.1, 0.15) is 0 Å². The number of benzene rings is 1. The zero-order chi connectivity index (χ0) is 9.68. The highest BCUT2D eigenvalue weighted by Gasteiger charge is 2.09. The van der Waals surface area contributed by atoms with Gasteiger partial charge in [-0.1, -0.05) is 25.1 Å². The number of anilines is 1. The molecule has 3 nitrogen and oxygen atoms in total. The van der Waals surface area contributed by atoms with Crippen LogP contribution in [0.15, 0.2) is 30.3 Å². The van der Waals surface area contributed by atoms with E-state index in [9.17, 15) is 4.79 Å². The lowest BCUT2D eigenvalue weighted by molar-refractivity contribution is -0.117. The molecule has 3 N–H and O–H groups in total. The number of carbonyl (C=O) groups is 1. The fourth-order valence-corrected chi connectivity index (χ4v) is 0.942. The Morgan fingerprint density at radius 1 is 1.46 bits per heavy atom. The molecule has 0 aliphatic heterocycles. The molecule has 0 bridgehead atoms. The fourth-order valence-electron chi connectivity index (χ4n) is 0.942. The Kier molecular flexibility index (Phi) is 3.46. The lowest BCUT2D eigenvalue weighted by atomic mass is 10.2. The number of nitrogens with one attached hydrogen (secondary N) is 1. The van der Waals surface area contributed by atoms with Crippen LogP contribution in [0.25, 0.3) is 0 Å². The van der Waals surface area contributed by atoms with Crippen molar-refractivity contribution in [1.29, 1.82) is 0 Å². The summed E-state index contributed by atoms with van der Waals surface area (Å²) < 4.78 is 0. The van der Waals surface area contributed by atoms with Gasteiger partial charge in [-0.05, 0) is 18.6 Å². The minimum absolute atomic E-state index is 0.131. The second kappa shape index (κ2) is 4.62. The zero-order valence-electron chi connectivity index (χ0n) is 7.66. The second-order valence-electron chi connectivity index (χ2n) is 2.87. The SMILES string of the molecule is CC[C@H](N)C(=O)Nc1ccccc1. The summed E-state index contributed by atoms with van der Waals surface area (Å²) in [6.45, 7) is 1.88. The van der Waals surface area contributed by atoms with E-state index in [4.69, 9.17) is 5.73 Å². The van der Waals surface area contributed by atoms with E-state index in [0.717, 1.165) is 5.69 Å². The molecule has 1 atom stereocenters. The summed E-state index contributed by atoms with van der Waals surface area (Å²) in [5.74, 6) is -0.131. The van der Waals surface area contributed by atoms with Gasteiger partial charge in [-0.25, -0.2) is 0 Å². The summed E-state index contributed by atoms with van der Waals surface area (Å²) in [7, 11) is 0. The van der Waals surface area contributed by atoms with Crippen LogP contribution in [-0.4, -0.2) is 11.9 Å². The van der Waals surface area contributed by atoms with Crippen LogP contribution in [0, 0.1) is 0 Å². The number of amides is 1. The Morgan fingerprint density at radius 2 is 2.08 bits per heavy atom. The number of carbonyl (C=O) groups excluding carboxylic acids is 1. The van der Waals surface area contributed by atoms with Gasteiger partial charge in [0, 0.05) is 5.69 Å². The Balaban J connectivity index is 2.55. The van der Waals surface area contributed by atoms with Crippen LogP contribution in [0.3, 0.4) is 0 Å². The van der Waals surface area contributed by atoms with Crippen LogP contribution in [-0.2, 0) is 4.79 Å². The molecular weight excluding hydrogens is 164 g/mol. The van der Waals surface area contributed by atoms with Crippen molar-refractivity contribution in [1.82, 2.24) is 0 Å². The molecule has 1 rings (SSSR count). The van der Waals surface area contributed by atoms with E-state index in [-0.39, 0.29) is 5.91 Å². The average Bonchev–Trinajstić information content (AvgIpc) is 2.18. The predicted octanol–water partition coefficient (Wildman–Crippen LogP) is 1.36. The van der Waals surface area contributed by atoms with Crippen molar-refractivity contribution >= 4 is 11.6 Å². The largest absolute Gasteiger partial charge is 0.325 e. The molecule has 3 heteroatoms. The van der Waals surface area contributed by atoms with Crippen molar-refractivity contribution in [3.63, 3.8) is 0 Å². The summed E-state index contributed by atoms with van der Waals surface area (Å²) in [5.41, 5.74) is 6.34. The van der Waals surface area contributed by atoms with Gasteiger partial charge in [0.15, 0.2) is 0 Å². The summed E-state index contributed by atoms with van der Waals surface area (Å²) in [6, 6.07) is 8.89. The average molecular weight is 178 g/mol. The lowest BCUT2D eigenvalue weighted by Gasteiger charge is -2.09. The summed E-state index contributed by atoms with van der Waals surface area (Å²) in [6.07, 6.45) is 0.651. The maximum atomic E-state index is 11.3. The molecule has 0 fully saturated rings. The normalized spacial score (nSPS) is 12.2. The van der Waals surface area contributed by atoms with E-state index in [0.29, 0.717) is 6.42 Å². The third-order valence-electron chi connectivity index (χ3n) is 1.82. The first-order valence-corrected chi connectivity index (χ1v) is 4.35. The fraction of sp³-hybridized carbons (Fsp3) is 0.300. The maximum Gasteiger partial charge on any atom is 0.241 e. The van der Waals surface area contributed by atoms with Gasteiger partial charge in [0.25, 0.3) is 0 Å². The smallest absolute Gasteiger partial charge is 0.241 e. The highest BCUT2D eigenvalue weighted by molar-refractivity contribution is 5.94. The van der Waals surface area contributed by atoms with Crippen molar-refractivity contribution in [2.24, 2.45) is 5.73 Å². The summed E-state index contributed by atoms with van der Waals surface area (Å²) in [5, 5.41) is 2.73. The van der Waals surface area contributed by atoms with E-state index in [1.54, 1.807) is 0 Å². The van der Waals surface area contributed by atoms with Crippen molar-refractivity contribution in [2.45, 2.75) is 19.4 Å². The third kappa shape index (κ3) is 2.87. The first-order valence-electron chi connectivity index (χ1n) is 4.35. The molecule has 0 aromatic heterocycles. The van der Waals surface area contributed by atoms with Crippen LogP contribution < -0.4 is 11.1 Å². The third-order valence-corrected chi connectivity index (χ3v) is 1.82. The van der Waals surface area contributed by atoms with Crippen LogP contribution in [0.1, 0.15) is 13.3 Å². The van der Waals surface area contributed by atoms with Crippen LogP contribution in [0.4, 0.5) is 5.69 Å². The quantitative estimate of drug-likeness (QED) is 0.734. The topological polar surface area (TPSA) is 55.1 Å². The Labute approximate surface area is 77.9 Å². The minimum atomic E-state index is -0.416. The molecule has 1 aromatic carbocycles. The number of rotatable bonds is 3. The first kappa shape index (κ1) is 9.74. The number of hydrogen-bond acceptors (Lipinski definition) is 2. The van der Waals surface area contributed by atoms with Crippen molar-refractivity contribution in [2.75, 3.05) is 5.32 Å². The molecule has 70 valence electrons. The van der Waals surface area contributed by atoms with Crippen LogP contribution in [0.5, 0.6) is 0 Å². The highest BCUT2D eigenvalue weighted by atomic mass is 16.2. The van der Waals surface area contributed by atoms with Gasteiger partial charge in [-0.3, -0.25) is 4.79 Å². The van der Waals surface area contributed by atoms with Crippen LogP contribution >= 0.6 is 0 Å². The Morgan fingerprint density at radius 3 is 2.62 bits per heavy atom. The molecule has 0 heterocycles. The Bertz CT molecular complexity index is 272. The van der Waals surface area contributed by atoms with E-state index in [2.05, 4.69) is 5.32 Å².